The predicted molar refractivity (Wildman–Crippen MR) is 76.5 cm³/mol. The molecular formula is C14H18O6S. The first-order chi connectivity index (χ1) is 9.96. The van der Waals surface area contributed by atoms with E-state index in [9.17, 15) is 13.2 Å². The van der Waals surface area contributed by atoms with Gasteiger partial charge in [-0.3, -0.25) is 0 Å². The molecular weight excluding hydrogens is 296 g/mol. The van der Waals surface area contributed by atoms with Gasteiger partial charge in [0.25, 0.3) is 0 Å². The maximum atomic E-state index is 11.9. The minimum absolute atomic E-state index is 0.00186. The molecule has 1 N–H and O–H groups in total. The zero-order valence-electron chi connectivity index (χ0n) is 11.5. The Bertz CT molecular complexity index is 589. The van der Waals surface area contributed by atoms with Crippen molar-refractivity contribution in [3.63, 3.8) is 0 Å². The van der Waals surface area contributed by atoms with E-state index in [0.29, 0.717) is 12.4 Å². The fourth-order valence-electron chi connectivity index (χ4n) is 2.15. The number of benzene rings is 1. The van der Waals surface area contributed by atoms with Crippen molar-refractivity contribution in [2.45, 2.75) is 18.9 Å². The number of sulfone groups is 1. The summed E-state index contributed by atoms with van der Waals surface area (Å²) in [6, 6.07) is 5.97. The summed E-state index contributed by atoms with van der Waals surface area (Å²) in [4.78, 5) is 10.8. The number of rotatable bonds is 7. The Morgan fingerprint density at radius 3 is 2.90 bits per heavy atom. The van der Waals surface area contributed by atoms with Crippen LogP contribution in [0, 0.1) is 0 Å². The monoisotopic (exact) mass is 314 g/mol. The molecule has 1 fully saturated rings. The molecule has 1 aliphatic heterocycles. The minimum Gasteiger partial charge on any atom is -0.493 e. The van der Waals surface area contributed by atoms with Crippen LogP contribution in [0.1, 0.15) is 23.2 Å². The van der Waals surface area contributed by atoms with Gasteiger partial charge in [-0.15, -0.1) is 0 Å². The van der Waals surface area contributed by atoms with Gasteiger partial charge in [0.2, 0.25) is 0 Å². The Labute approximate surface area is 123 Å². The summed E-state index contributed by atoms with van der Waals surface area (Å²) in [5.74, 6) is -0.788. The maximum absolute atomic E-state index is 11.9. The van der Waals surface area contributed by atoms with Crippen molar-refractivity contribution < 1.29 is 27.8 Å². The van der Waals surface area contributed by atoms with Gasteiger partial charge in [0, 0.05) is 6.61 Å². The lowest BCUT2D eigenvalue weighted by Gasteiger charge is -2.11. The highest BCUT2D eigenvalue weighted by molar-refractivity contribution is 7.91. The fourth-order valence-corrected chi connectivity index (χ4v) is 3.48. The molecule has 1 aromatic carbocycles. The molecule has 21 heavy (non-hydrogen) atoms. The topological polar surface area (TPSA) is 89.9 Å². The van der Waals surface area contributed by atoms with Crippen LogP contribution in [0.15, 0.2) is 24.3 Å². The standard InChI is InChI=1S/C14H18O6S/c15-14(16)11-3-1-4-12(9-11)20-7-8-21(17,18)10-13-5-2-6-19-13/h1,3-4,9,13H,2,5-8,10H2,(H,15,16). The summed E-state index contributed by atoms with van der Waals surface area (Å²) in [7, 11) is -3.23. The normalized spacial score (nSPS) is 18.6. The highest BCUT2D eigenvalue weighted by Crippen LogP contribution is 2.15. The molecule has 0 radical (unpaired) electrons. The molecule has 116 valence electrons. The average Bonchev–Trinajstić information content (AvgIpc) is 2.91. The van der Waals surface area contributed by atoms with Crippen molar-refractivity contribution in [2.75, 3.05) is 24.7 Å². The van der Waals surface area contributed by atoms with Crippen molar-refractivity contribution in [1.82, 2.24) is 0 Å². The molecule has 0 aromatic heterocycles. The molecule has 1 unspecified atom stereocenters. The zero-order chi connectivity index (χ0) is 15.3. The highest BCUT2D eigenvalue weighted by atomic mass is 32.2. The van der Waals surface area contributed by atoms with E-state index in [4.69, 9.17) is 14.6 Å². The summed E-state index contributed by atoms with van der Waals surface area (Å²) in [6.45, 7) is 0.622. The predicted octanol–water partition coefficient (Wildman–Crippen LogP) is 1.36. The van der Waals surface area contributed by atoms with Crippen LogP contribution in [0.25, 0.3) is 0 Å². The number of carboxylic acid groups (broad SMARTS) is 1. The van der Waals surface area contributed by atoms with Crippen LogP contribution in [-0.4, -0.2) is 50.3 Å². The van der Waals surface area contributed by atoms with Crippen LogP contribution in [0.4, 0.5) is 0 Å². The molecule has 7 heteroatoms. The summed E-state index contributed by atoms with van der Waals surface area (Å²) in [5, 5.41) is 8.86. The lowest BCUT2D eigenvalue weighted by atomic mass is 10.2. The molecule has 1 aliphatic rings. The number of hydrogen-bond donors (Lipinski definition) is 1. The minimum atomic E-state index is -3.23. The van der Waals surface area contributed by atoms with Crippen LogP contribution in [-0.2, 0) is 14.6 Å². The van der Waals surface area contributed by atoms with E-state index in [1.165, 1.54) is 12.1 Å². The van der Waals surface area contributed by atoms with E-state index in [2.05, 4.69) is 0 Å². The SMILES string of the molecule is O=C(O)c1cccc(OCCS(=O)(=O)CC2CCCO2)c1. The number of carbonyl (C=O) groups is 1. The largest absolute Gasteiger partial charge is 0.493 e. The van der Waals surface area contributed by atoms with Crippen molar-refractivity contribution >= 4 is 15.8 Å². The van der Waals surface area contributed by atoms with Crippen LogP contribution >= 0.6 is 0 Å². The Morgan fingerprint density at radius 2 is 2.24 bits per heavy atom. The van der Waals surface area contributed by atoms with Crippen molar-refractivity contribution in [3.05, 3.63) is 29.8 Å². The smallest absolute Gasteiger partial charge is 0.335 e. The van der Waals surface area contributed by atoms with Crippen molar-refractivity contribution in [2.24, 2.45) is 0 Å². The van der Waals surface area contributed by atoms with E-state index < -0.39 is 15.8 Å². The summed E-state index contributed by atoms with van der Waals surface area (Å²) in [5.41, 5.74) is 0.106. The number of ether oxygens (including phenoxy) is 2. The van der Waals surface area contributed by atoms with Gasteiger partial charge in [-0.2, -0.15) is 0 Å². The third kappa shape index (κ3) is 5.02. The van der Waals surface area contributed by atoms with E-state index in [1.54, 1.807) is 12.1 Å². The molecule has 1 heterocycles. The van der Waals surface area contributed by atoms with Gasteiger partial charge in [-0.25, -0.2) is 13.2 Å². The van der Waals surface area contributed by atoms with Crippen LogP contribution in [0.5, 0.6) is 5.75 Å². The third-order valence-corrected chi connectivity index (χ3v) is 4.88. The molecule has 1 saturated heterocycles. The molecule has 0 saturated carbocycles. The van der Waals surface area contributed by atoms with E-state index in [0.717, 1.165) is 12.8 Å². The molecule has 2 rings (SSSR count). The number of aromatic carboxylic acids is 1. The first kappa shape index (κ1) is 15.8. The van der Waals surface area contributed by atoms with Crippen molar-refractivity contribution in [1.29, 1.82) is 0 Å². The third-order valence-electron chi connectivity index (χ3n) is 3.21. The highest BCUT2D eigenvalue weighted by Gasteiger charge is 2.23. The maximum Gasteiger partial charge on any atom is 0.335 e. The molecule has 6 nitrogen and oxygen atoms in total. The first-order valence-corrected chi connectivity index (χ1v) is 8.56. The fraction of sp³-hybridized carbons (Fsp3) is 0.500. The van der Waals surface area contributed by atoms with Crippen molar-refractivity contribution in [3.8, 4) is 5.75 Å². The van der Waals surface area contributed by atoms with E-state index in [1.807, 2.05) is 0 Å². The number of carboxylic acids is 1. The lowest BCUT2D eigenvalue weighted by Crippen LogP contribution is -2.25. The Balaban J connectivity index is 1.83. The molecule has 0 bridgehead atoms. The van der Waals surface area contributed by atoms with Gasteiger partial charge >= 0.3 is 5.97 Å². The molecule has 0 aliphatic carbocycles. The lowest BCUT2D eigenvalue weighted by molar-refractivity contribution is 0.0696. The zero-order valence-corrected chi connectivity index (χ0v) is 12.3. The molecule has 0 amide bonds. The summed E-state index contributed by atoms with van der Waals surface area (Å²) < 4.78 is 34.4. The second kappa shape index (κ2) is 6.91. The van der Waals surface area contributed by atoms with Gasteiger partial charge in [-0.05, 0) is 31.0 Å². The Hall–Kier alpha value is -1.60. The van der Waals surface area contributed by atoms with Crippen LogP contribution in [0.2, 0.25) is 0 Å². The Kier molecular flexibility index (Phi) is 5.19. The molecule has 0 spiro atoms. The average molecular weight is 314 g/mol. The van der Waals surface area contributed by atoms with Crippen LogP contribution in [0.3, 0.4) is 0 Å². The summed E-state index contributed by atoms with van der Waals surface area (Å²) in [6.07, 6.45) is 1.48. The Morgan fingerprint density at radius 1 is 1.43 bits per heavy atom. The summed E-state index contributed by atoms with van der Waals surface area (Å²) >= 11 is 0. The van der Waals surface area contributed by atoms with Crippen LogP contribution < -0.4 is 4.74 Å². The first-order valence-electron chi connectivity index (χ1n) is 6.74. The van der Waals surface area contributed by atoms with Gasteiger partial charge in [-0.1, -0.05) is 6.07 Å². The molecule has 1 aromatic rings. The van der Waals surface area contributed by atoms with Gasteiger partial charge in [0.05, 0.1) is 23.2 Å². The van der Waals surface area contributed by atoms with E-state index in [-0.39, 0.29) is 29.8 Å². The van der Waals surface area contributed by atoms with Gasteiger partial charge in [0.1, 0.15) is 12.4 Å². The van der Waals surface area contributed by atoms with E-state index >= 15 is 0 Å². The second-order valence-electron chi connectivity index (χ2n) is 4.93. The van der Waals surface area contributed by atoms with Gasteiger partial charge < -0.3 is 14.6 Å². The molecule has 1 atom stereocenters. The second-order valence-corrected chi connectivity index (χ2v) is 7.16. The number of hydrogen-bond acceptors (Lipinski definition) is 5. The quantitative estimate of drug-likeness (QED) is 0.817. The van der Waals surface area contributed by atoms with Gasteiger partial charge in [0.15, 0.2) is 9.84 Å².